The summed E-state index contributed by atoms with van der Waals surface area (Å²) in [6, 6.07) is 15.4. The Kier molecular flexibility index (Phi) is 3.61. The molecule has 24 heavy (non-hydrogen) atoms. The molecule has 1 aliphatic rings. The molecular weight excluding hydrogens is 320 g/mol. The Morgan fingerprint density at radius 1 is 1.17 bits per heavy atom. The lowest BCUT2D eigenvalue weighted by Crippen LogP contribution is -2.32. The van der Waals surface area contributed by atoms with Gasteiger partial charge in [0.15, 0.2) is 0 Å². The van der Waals surface area contributed by atoms with Crippen LogP contribution in [0, 0.1) is 6.92 Å². The molecule has 1 fully saturated rings. The van der Waals surface area contributed by atoms with Crippen molar-refractivity contribution in [1.29, 1.82) is 0 Å². The van der Waals surface area contributed by atoms with E-state index in [0.717, 1.165) is 12.8 Å². The number of halogens is 1. The van der Waals surface area contributed by atoms with Crippen molar-refractivity contribution in [3.05, 3.63) is 70.4 Å². The van der Waals surface area contributed by atoms with Gasteiger partial charge < -0.3 is 10.3 Å². The van der Waals surface area contributed by atoms with E-state index in [2.05, 4.69) is 35.4 Å². The number of H-pyrrole nitrogens is 1. The number of carbonyl (C=O) groups excluding carboxylic acids is 1. The van der Waals surface area contributed by atoms with E-state index in [1.165, 1.54) is 22.2 Å². The van der Waals surface area contributed by atoms with Crippen LogP contribution in [0.5, 0.6) is 0 Å². The van der Waals surface area contributed by atoms with Gasteiger partial charge in [0.05, 0.1) is 0 Å². The maximum absolute atomic E-state index is 12.4. The Bertz CT molecular complexity index is 907. The average molecular weight is 339 g/mol. The highest BCUT2D eigenvalue weighted by Crippen LogP contribution is 2.51. The van der Waals surface area contributed by atoms with Crippen LogP contribution in [0.3, 0.4) is 0 Å². The second kappa shape index (κ2) is 5.67. The van der Waals surface area contributed by atoms with Crippen molar-refractivity contribution in [2.24, 2.45) is 0 Å². The van der Waals surface area contributed by atoms with Crippen LogP contribution < -0.4 is 5.32 Å². The largest absolute Gasteiger partial charge is 0.358 e. The summed E-state index contributed by atoms with van der Waals surface area (Å²) in [4.78, 5) is 15.9. The Balaban J connectivity index is 1.57. The Labute approximate surface area is 146 Å². The molecule has 4 heteroatoms. The lowest BCUT2D eigenvalue weighted by molar-refractivity contribution is 0.0949. The van der Waals surface area contributed by atoms with E-state index < -0.39 is 0 Å². The quantitative estimate of drug-likeness (QED) is 0.718. The fourth-order valence-electron chi connectivity index (χ4n) is 3.58. The van der Waals surface area contributed by atoms with Gasteiger partial charge in [0, 0.05) is 39.1 Å². The van der Waals surface area contributed by atoms with Crippen molar-refractivity contribution in [3.8, 4) is 0 Å². The van der Waals surface area contributed by atoms with Gasteiger partial charge in [-0.05, 0) is 55.7 Å². The molecule has 4 rings (SSSR count). The molecule has 1 heterocycles. The number of hydrogen-bond acceptors (Lipinski definition) is 1. The smallest absolute Gasteiger partial charge is 0.251 e. The third kappa shape index (κ3) is 2.59. The van der Waals surface area contributed by atoms with Crippen LogP contribution in [-0.2, 0) is 5.41 Å². The maximum atomic E-state index is 12.4. The lowest BCUT2D eigenvalue weighted by atomic mass is 9.93. The van der Waals surface area contributed by atoms with Crippen molar-refractivity contribution < 1.29 is 4.79 Å². The third-order valence-electron chi connectivity index (χ3n) is 4.97. The number of benzene rings is 2. The molecule has 0 unspecified atom stereocenters. The molecule has 1 amide bonds. The molecule has 0 atom stereocenters. The van der Waals surface area contributed by atoms with Crippen molar-refractivity contribution in [3.63, 3.8) is 0 Å². The summed E-state index contributed by atoms with van der Waals surface area (Å²) in [6.45, 7) is 2.79. The Morgan fingerprint density at radius 3 is 2.58 bits per heavy atom. The first-order valence-electron chi connectivity index (χ1n) is 8.21. The zero-order chi connectivity index (χ0) is 16.7. The van der Waals surface area contributed by atoms with Crippen LogP contribution in [0.25, 0.3) is 10.9 Å². The molecular formula is C20H19ClN2O. The highest BCUT2D eigenvalue weighted by Gasteiger charge is 2.46. The summed E-state index contributed by atoms with van der Waals surface area (Å²) < 4.78 is 0. The molecule has 0 spiro atoms. The minimum absolute atomic E-state index is 0.0459. The van der Waals surface area contributed by atoms with Crippen molar-refractivity contribution >= 4 is 28.4 Å². The molecule has 2 aromatic carbocycles. The molecule has 0 saturated heterocycles. The topological polar surface area (TPSA) is 44.9 Å². The van der Waals surface area contributed by atoms with E-state index >= 15 is 0 Å². The predicted molar refractivity (Wildman–Crippen MR) is 97.7 cm³/mol. The summed E-state index contributed by atoms with van der Waals surface area (Å²) in [5.41, 5.74) is 4.43. The molecule has 2 N–H and O–H groups in total. The van der Waals surface area contributed by atoms with E-state index in [1.54, 1.807) is 24.3 Å². The van der Waals surface area contributed by atoms with Crippen LogP contribution in [0.15, 0.2) is 48.5 Å². The maximum Gasteiger partial charge on any atom is 0.251 e. The first kappa shape index (κ1) is 15.3. The van der Waals surface area contributed by atoms with E-state index in [0.29, 0.717) is 17.1 Å². The van der Waals surface area contributed by atoms with Gasteiger partial charge in [0.2, 0.25) is 0 Å². The standard InChI is InChI=1S/C20H19ClN2O/c1-13-18(16-4-2-3-5-17(16)23-13)20(10-11-20)12-22-19(24)14-6-8-15(21)9-7-14/h2-9,23H,10-12H2,1H3,(H,22,24). The van der Waals surface area contributed by atoms with E-state index in [-0.39, 0.29) is 11.3 Å². The average Bonchev–Trinajstić information content (AvgIpc) is 3.28. The molecule has 0 aliphatic heterocycles. The van der Waals surface area contributed by atoms with Gasteiger partial charge in [0.25, 0.3) is 5.91 Å². The fourth-order valence-corrected chi connectivity index (χ4v) is 3.70. The third-order valence-corrected chi connectivity index (χ3v) is 5.22. The number of aryl methyl sites for hydroxylation is 1. The van der Waals surface area contributed by atoms with Crippen LogP contribution in [0.4, 0.5) is 0 Å². The zero-order valence-electron chi connectivity index (χ0n) is 13.5. The number of fused-ring (bicyclic) bond motifs is 1. The normalized spacial score (nSPS) is 15.4. The molecule has 1 aromatic heterocycles. The van der Waals surface area contributed by atoms with Crippen LogP contribution in [0.2, 0.25) is 5.02 Å². The minimum atomic E-state index is -0.0459. The molecule has 1 aliphatic carbocycles. The first-order chi connectivity index (χ1) is 11.6. The van der Waals surface area contributed by atoms with Crippen molar-refractivity contribution in [2.75, 3.05) is 6.54 Å². The number of para-hydroxylation sites is 1. The summed E-state index contributed by atoms with van der Waals surface area (Å²) in [5.74, 6) is -0.0459. The number of amides is 1. The molecule has 3 aromatic rings. The second-order valence-electron chi connectivity index (χ2n) is 6.64. The second-order valence-corrected chi connectivity index (χ2v) is 7.08. The highest BCUT2D eigenvalue weighted by molar-refractivity contribution is 6.30. The molecule has 122 valence electrons. The zero-order valence-corrected chi connectivity index (χ0v) is 14.3. The van der Waals surface area contributed by atoms with Gasteiger partial charge >= 0.3 is 0 Å². The van der Waals surface area contributed by atoms with Gasteiger partial charge in [-0.1, -0.05) is 29.8 Å². The predicted octanol–water partition coefficient (Wildman–Crippen LogP) is 4.59. The molecule has 1 saturated carbocycles. The summed E-state index contributed by atoms with van der Waals surface area (Å²) in [5, 5.41) is 5.02. The number of nitrogens with one attached hydrogen (secondary N) is 2. The summed E-state index contributed by atoms with van der Waals surface area (Å²) in [7, 11) is 0. The minimum Gasteiger partial charge on any atom is -0.358 e. The number of aromatic amines is 1. The molecule has 0 bridgehead atoms. The first-order valence-corrected chi connectivity index (χ1v) is 8.58. The number of hydrogen-bond donors (Lipinski definition) is 2. The summed E-state index contributed by atoms with van der Waals surface area (Å²) in [6.07, 6.45) is 2.22. The van der Waals surface area contributed by atoms with Crippen LogP contribution in [0.1, 0.15) is 34.5 Å². The Hall–Kier alpha value is -2.26. The molecule has 0 radical (unpaired) electrons. The highest BCUT2D eigenvalue weighted by atomic mass is 35.5. The SMILES string of the molecule is Cc1[nH]c2ccccc2c1C1(CNC(=O)c2ccc(Cl)cc2)CC1. The lowest BCUT2D eigenvalue weighted by Gasteiger charge is -2.17. The number of aromatic nitrogens is 1. The van der Waals surface area contributed by atoms with Crippen molar-refractivity contribution in [1.82, 2.24) is 10.3 Å². The van der Waals surface area contributed by atoms with Crippen LogP contribution in [-0.4, -0.2) is 17.4 Å². The number of rotatable bonds is 4. The number of carbonyl (C=O) groups is 1. The van der Waals surface area contributed by atoms with Gasteiger partial charge in [-0.25, -0.2) is 0 Å². The van der Waals surface area contributed by atoms with Gasteiger partial charge in [-0.15, -0.1) is 0 Å². The fraction of sp³-hybridized carbons (Fsp3) is 0.250. The summed E-state index contributed by atoms with van der Waals surface area (Å²) >= 11 is 5.88. The van der Waals surface area contributed by atoms with E-state index in [4.69, 9.17) is 11.6 Å². The van der Waals surface area contributed by atoms with Crippen molar-refractivity contribution in [2.45, 2.75) is 25.2 Å². The van der Waals surface area contributed by atoms with Crippen LogP contribution >= 0.6 is 11.6 Å². The Morgan fingerprint density at radius 2 is 1.88 bits per heavy atom. The van der Waals surface area contributed by atoms with E-state index in [1.807, 2.05) is 6.07 Å². The van der Waals surface area contributed by atoms with Gasteiger partial charge in [-0.3, -0.25) is 4.79 Å². The monoisotopic (exact) mass is 338 g/mol. The van der Waals surface area contributed by atoms with E-state index in [9.17, 15) is 4.79 Å². The van der Waals surface area contributed by atoms with Gasteiger partial charge in [0.1, 0.15) is 0 Å². The van der Waals surface area contributed by atoms with Gasteiger partial charge in [-0.2, -0.15) is 0 Å². The molecule has 3 nitrogen and oxygen atoms in total.